The zero-order valence-electron chi connectivity index (χ0n) is 16.4. The van der Waals surface area contributed by atoms with E-state index in [2.05, 4.69) is 15.3 Å². The van der Waals surface area contributed by atoms with E-state index in [-0.39, 0.29) is 11.9 Å². The summed E-state index contributed by atoms with van der Waals surface area (Å²) in [4.78, 5) is 8.62. The van der Waals surface area contributed by atoms with Crippen LogP contribution in [0.25, 0.3) is 22.3 Å². The molecule has 1 aliphatic rings. The van der Waals surface area contributed by atoms with E-state index < -0.39 is 0 Å². The topological polar surface area (TPSA) is 90.9 Å². The van der Waals surface area contributed by atoms with Crippen LogP contribution in [0.5, 0.6) is 11.5 Å². The van der Waals surface area contributed by atoms with Crippen LogP contribution in [-0.2, 0) is 0 Å². The molecule has 1 saturated carbocycles. The van der Waals surface area contributed by atoms with Crippen molar-refractivity contribution < 1.29 is 9.13 Å². The first-order chi connectivity index (χ1) is 14.6. The Hall–Kier alpha value is -3.52. The van der Waals surface area contributed by atoms with Gasteiger partial charge in [0.1, 0.15) is 35.2 Å². The normalized spacial score (nSPS) is 18.3. The largest absolute Gasteiger partial charge is 0.457 e. The predicted octanol–water partition coefficient (Wildman–Crippen LogP) is 3.93. The van der Waals surface area contributed by atoms with Gasteiger partial charge >= 0.3 is 0 Å². The maximum atomic E-state index is 13.4. The zero-order chi connectivity index (χ0) is 20.7. The summed E-state index contributed by atoms with van der Waals surface area (Å²) in [6.07, 6.45) is 3.47. The van der Waals surface area contributed by atoms with Gasteiger partial charge in [-0.1, -0.05) is 6.07 Å². The van der Waals surface area contributed by atoms with Crippen LogP contribution < -0.4 is 15.8 Å². The summed E-state index contributed by atoms with van der Waals surface area (Å²) in [5.41, 5.74) is 8.57. The summed E-state index contributed by atoms with van der Waals surface area (Å²) < 4.78 is 21.1. The van der Waals surface area contributed by atoms with Crippen molar-refractivity contribution in [1.82, 2.24) is 25.1 Å². The van der Waals surface area contributed by atoms with E-state index in [0.29, 0.717) is 23.4 Å². The van der Waals surface area contributed by atoms with Gasteiger partial charge in [-0.05, 0) is 56.3 Å². The monoisotopic (exact) mass is 404 g/mol. The summed E-state index contributed by atoms with van der Waals surface area (Å²) in [6.45, 7) is 0. The lowest BCUT2D eigenvalue weighted by Gasteiger charge is -2.35. The second-order valence-corrected chi connectivity index (χ2v) is 7.45. The summed E-state index contributed by atoms with van der Waals surface area (Å²) in [7, 11) is 1.97. The molecule has 0 bridgehead atoms. The molecule has 2 aromatic heterocycles. The molecule has 0 unspecified atom stereocenters. The number of hydrogen-bond acceptors (Lipinski definition) is 6. The third kappa shape index (κ3) is 3.25. The number of hydrogen-bond donors (Lipinski definition) is 2. The van der Waals surface area contributed by atoms with E-state index in [9.17, 15) is 4.39 Å². The Balaban J connectivity index is 1.48. The summed E-state index contributed by atoms with van der Waals surface area (Å²) in [6, 6.07) is 14.3. The SMILES string of the molecule is CN[C@H]1C[C@@H](n2nc(-c3ccc(Oc4cccc(F)c4)cc3)c3c(N)ncnc32)C1. The van der Waals surface area contributed by atoms with Crippen molar-refractivity contribution in [1.29, 1.82) is 0 Å². The van der Waals surface area contributed by atoms with Gasteiger partial charge in [0.2, 0.25) is 0 Å². The third-order valence-electron chi connectivity index (χ3n) is 5.54. The minimum absolute atomic E-state index is 0.281. The van der Waals surface area contributed by atoms with Gasteiger partial charge in [0.05, 0.1) is 11.4 Å². The molecule has 0 atom stereocenters. The van der Waals surface area contributed by atoms with Crippen LogP contribution >= 0.6 is 0 Å². The minimum atomic E-state index is -0.340. The van der Waals surface area contributed by atoms with Gasteiger partial charge in [-0.25, -0.2) is 19.0 Å². The first-order valence-electron chi connectivity index (χ1n) is 9.82. The van der Waals surface area contributed by atoms with E-state index in [1.54, 1.807) is 12.1 Å². The van der Waals surface area contributed by atoms with Crippen molar-refractivity contribution in [2.45, 2.75) is 24.9 Å². The molecule has 4 aromatic rings. The number of nitrogens with zero attached hydrogens (tertiary/aromatic N) is 4. The van der Waals surface area contributed by atoms with E-state index >= 15 is 0 Å². The van der Waals surface area contributed by atoms with Gasteiger partial charge in [0.15, 0.2) is 5.65 Å². The lowest BCUT2D eigenvalue weighted by molar-refractivity contribution is 0.224. The number of benzene rings is 2. The van der Waals surface area contributed by atoms with Crippen molar-refractivity contribution in [3.63, 3.8) is 0 Å². The molecule has 0 radical (unpaired) electrons. The molecule has 1 fully saturated rings. The summed E-state index contributed by atoms with van der Waals surface area (Å²) in [5, 5.41) is 8.90. The lowest BCUT2D eigenvalue weighted by atomic mass is 9.87. The number of nitrogen functional groups attached to an aromatic ring is 1. The smallest absolute Gasteiger partial charge is 0.164 e. The lowest BCUT2D eigenvalue weighted by Crippen LogP contribution is -2.40. The highest BCUT2D eigenvalue weighted by Gasteiger charge is 2.32. The summed E-state index contributed by atoms with van der Waals surface area (Å²) >= 11 is 0. The molecular formula is C22H21FN6O. The first-order valence-corrected chi connectivity index (χ1v) is 9.82. The van der Waals surface area contributed by atoms with Crippen LogP contribution in [0.1, 0.15) is 18.9 Å². The second-order valence-electron chi connectivity index (χ2n) is 7.45. The third-order valence-corrected chi connectivity index (χ3v) is 5.54. The number of nitrogens with one attached hydrogen (secondary N) is 1. The molecule has 8 heteroatoms. The van der Waals surface area contributed by atoms with Gasteiger partial charge in [-0.3, -0.25) is 0 Å². The van der Waals surface area contributed by atoms with Crippen molar-refractivity contribution in [2.75, 3.05) is 12.8 Å². The molecule has 0 amide bonds. The number of halogens is 1. The Morgan fingerprint density at radius 3 is 2.63 bits per heavy atom. The molecule has 2 aromatic carbocycles. The maximum Gasteiger partial charge on any atom is 0.164 e. The molecule has 152 valence electrons. The van der Waals surface area contributed by atoms with Crippen molar-refractivity contribution in [2.24, 2.45) is 0 Å². The standard InChI is InChI=1S/C22H21FN6O/c1-25-15-10-16(11-15)29-22-19(21(24)26-12-27-22)20(28-29)13-5-7-17(8-6-13)30-18-4-2-3-14(23)9-18/h2-9,12,15-16,25H,10-11H2,1H3,(H2,24,26,27)/t15-,16+. The van der Waals surface area contributed by atoms with E-state index in [1.807, 2.05) is 36.0 Å². The van der Waals surface area contributed by atoms with Crippen LogP contribution in [0.2, 0.25) is 0 Å². The predicted molar refractivity (Wildman–Crippen MR) is 113 cm³/mol. The molecule has 1 aliphatic carbocycles. The Labute approximate surface area is 172 Å². The molecule has 5 rings (SSSR count). The molecule has 3 N–H and O–H groups in total. The Bertz CT molecular complexity index is 1200. The highest BCUT2D eigenvalue weighted by Crippen LogP contribution is 2.38. The Morgan fingerprint density at radius 2 is 1.90 bits per heavy atom. The van der Waals surface area contributed by atoms with E-state index in [1.165, 1.54) is 18.5 Å². The minimum Gasteiger partial charge on any atom is -0.457 e. The number of aromatic nitrogens is 4. The Morgan fingerprint density at radius 1 is 1.10 bits per heavy atom. The van der Waals surface area contributed by atoms with Crippen LogP contribution in [0.15, 0.2) is 54.9 Å². The number of nitrogens with two attached hydrogens (primary N) is 1. The summed E-state index contributed by atoms with van der Waals surface area (Å²) in [5.74, 6) is 1.12. The fraction of sp³-hybridized carbons (Fsp3) is 0.227. The van der Waals surface area contributed by atoms with Crippen LogP contribution in [0, 0.1) is 5.82 Å². The van der Waals surface area contributed by atoms with Gasteiger partial charge < -0.3 is 15.8 Å². The molecular weight excluding hydrogens is 383 g/mol. The number of rotatable bonds is 5. The van der Waals surface area contributed by atoms with Crippen LogP contribution in [0.4, 0.5) is 10.2 Å². The number of fused-ring (bicyclic) bond motifs is 1. The average Bonchev–Trinajstić information content (AvgIpc) is 3.09. The molecule has 0 saturated heterocycles. The van der Waals surface area contributed by atoms with Crippen molar-refractivity contribution >= 4 is 16.9 Å². The van der Waals surface area contributed by atoms with Crippen molar-refractivity contribution in [3.05, 3.63) is 60.7 Å². The Kier molecular flexibility index (Phi) is 4.55. The molecule has 2 heterocycles. The van der Waals surface area contributed by atoms with Gasteiger partial charge in [-0.2, -0.15) is 5.10 Å². The molecule has 30 heavy (non-hydrogen) atoms. The molecule has 0 aliphatic heterocycles. The van der Waals surface area contributed by atoms with E-state index in [4.69, 9.17) is 15.6 Å². The number of anilines is 1. The molecule has 0 spiro atoms. The van der Waals surface area contributed by atoms with Gasteiger partial charge in [-0.15, -0.1) is 0 Å². The molecule has 7 nitrogen and oxygen atoms in total. The fourth-order valence-corrected chi connectivity index (χ4v) is 3.82. The maximum absolute atomic E-state index is 13.4. The average molecular weight is 404 g/mol. The van der Waals surface area contributed by atoms with Gasteiger partial charge in [0.25, 0.3) is 0 Å². The van der Waals surface area contributed by atoms with Crippen molar-refractivity contribution in [3.8, 4) is 22.8 Å². The quantitative estimate of drug-likeness (QED) is 0.524. The zero-order valence-corrected chi connectivity index (χ0v) is 16.4. The second kappa shape index (κ2) is 7.38. The van der Waals surface area contributed by atoms with Crippen LogP contribution in [0.3, 0.4) is 0 Å². The van der Waals surface area contributed by atoms with Gasteiger partial charge in [0, 0.05) is 17.7 Å². The first kappa shape index (κ1) is 18.5. The number of ether oxygens (including phenoxy) is 1. The van der Waals surface area contributed by atoms with Crippen LogP contribution in [-0.4, -0.2) is 32.8 Å². The highest BCUT2D eigenvalue weighted by molar-refractivity contribution is 5.98. The highest BCUT2D eigenvalue weighted by atomic mass is 19.1. The van der Waals surface area contributed by atoms with E-state index in [0.717, 1.165) is 35.1 Å². The fourth-order valence-electron chi connectivity index (χ4n) is 3.82.